The van der Waals surface area contributed by atoms with E-state index in [2.05, 4.69) is 48.7 Å². The number of benzene rings is 1. The first-order valence-corrected chi connectivity index (χ1v) is 4.39. The molecule has 0 radical (unpaired) electrons. The minimum atomic E-state index is 0.500. The molecule has 0 aliphatic carbocycles. The third-order valence-corrected chi connectivity index (χ3v) is 2.44. The number of hydrogen-bond donors (Lipinski definition) is 2. The first-order chi connectivity index (χ1) is 5.77. The average Bonchev–Trinajstić information content (AvgIpc) is 2.07. The third-order valence-electron chi connectivity index (χ3n) is 2.44. The zero-order valence-corrected chi connectivity index (χ0v) is 7.46. The lowest BCUT2D eigenvalue weighted by Gasteiger charge is -2.31. The van der Waals surface area contributed by atoms with E-state index in [1.165, 1.54) is 11.4 Å². The van der Waals surface area contributed by atoms with E-state index in [4.69, 9.17) is 0 Å². The van der Waals surface area contributed by atoms with Gasteiger partial charge in [-0.15, -0.1) is 0 Å². The van der Waals surface area contributed by atoms with E-state index >= 15 is 0 Å². The van der Waals surface area contributed by atoms with Gasteiger partial charge in [0.25, 0.3) is 0 Å². The van der Waals surface area contributed by atoms with Crippen LogP contribution in [0, 0.1) is 0 Å². The lowest BCUT2D eigenvalue weighted by atomic mass is 10.1. The van der Waals surface area contributed by atoms with Gasteiger partial charge in [-0.3, -0.25) is 0 Å². The van der Waals surface area contributed by atoms with Crippen molar-refractivity contribution in [1.82, 2.24) is 0 Å². The predicted octanol–water partition coefficient (Wildman–Crippen LogP) is 2.30. The number of hydrogen-bond acceptors (Lipinski definition) is 2. The van der Waals surface area contributed by atoms with Gasteiger partial charge in [-0.05, 0) is 26.0 Å². The smallest absolute Gasteiger partial charge is 0.0578 e. The molecule has 0 saturated carbocycles. The topological polar surface area (TPSA) is 24.1 Å². The SMILES string of the molecule is C[C@@H]1Nc2ccccc2N[C@H]1C. The van der Waals surface area contributed by atoms with Crippen molar-refractivity contribution in [2.45, 2.75) is 25.9 Å². The van der Waals surface area contributed by atoms with Gasteiger partial charge in [-0.1, -0.05) is 12.1 Å². The molecule has 0 bridgehead atoms. The molecule has 0 aromatic heterocycles. The van der Waals surface area contributed by atoms with Gasteiger partial charge in [-0.2, -0.15) is 0 Å². The minimum absolute atomic E-state index is 0.500. The zero-order chi connectivity index (χ0) is 8.55. The number of fused-ring (bicyclic) bond motifs is 1. The normalized spacial score (nSPS) is 26.8. The van der Waals surface area contributed by atoms with Crippen molar-refractivity contribution in [3.63, 3.8) is 0 Å². The fourth-order valence-electron chi connectivity index (χ4n) is 1.48. The van der Waals surface area contributed by atoms with Crippen molar-refractivity contribution in [3.8, 4) is 0 Å². The summed E-state index contributed by atoms with van der Waals surface area (Å²) in [6.07, 6.45) is 0. The Morgan fingerprint density at radius 2 is 1.33 bits per heavy atom. The van der Waals surface area contributed by atoms with Crippen LogP contribution in [-0.2, 0) is 0 Å². The van der Waals surface area contributed by atoms with Crippen LogP contribution in [0.3, 0.4) is 0 Å². The largest absolute Gasteiger partial charge is 0.379 e. The molecule has 1 aromatic carbocycles. The molecule has 2 heteroatoms. The van der Waals surface area contributed by atoms with Gasteiger partial charge in [0.1, 0.15) is 0 Å². The highest BCUT2D eigenvalue weighted by Gasteiger charge is 2.18. The van der Waals surface area contributed by atoms with Crippen LogP contribution in [0.4, 0.5) is 11.4 Å². The highest BCUT2D eigenvalue weighted by molar-refractivity contribution is 5.71. The van der Waals surface area contributed by atoms with Crippen molar-refractivity contribution < 1.29 is 0 Å². The van der Waals surface area contributed by atoms with Crippen LogP contribution in [0.5, 0.6) is 0 Å². The van der Waals surface area contributed by atoms with E-state index in [1.54, 1.807) is 0 Å². The van der Waals surface area contributed by atoms with Gasteiger partial charge >= 0.3 is 0 Å². The summed E-state index contributed by atoms with van der Waals surface area (Å²) in [6, 6.07) is 9.31. The Morgan fingerprint density at radius 1 is 0.917 bits per heavy atom. The quantitative estimate of drug-likeness (QED) is 0.611. The van der Waals surface area contributed by atoms with E-state index < -0.39 is 0 Å². The van der Waals surface area contributed by atoms with Gasteiger partial charge in [0.05, 0.1) is 11.4 Å². The van der Waals surface area contributed by atoms with Gasteiger partial charge < -0.3 is 10.6 Å². The summed E-state index contributed by atoms with van der Waals surface area (Å²) in [4.78, 5) is 0. The lowest BCUT2D eigenvalue weighted by Crippen LogP contribution is -2.38. The average molecular weight is 162 g/mol. The highest BCUT2D eigenvalue weighted by Crippen LogP contribution is 2.27. The van der Waals surface area contributed by atoms with Crippen LogP contribution in [0.2, 0.25) is 0 Å². The van der Waals surface area contributed by atoms with Gasteiger partial charge in [0.2, 0.25) is 0 Å². The Bertz CT molecular complexity index is 254. The molecule has 64 valence electrons. The molecule has 2 atom stereocenters. The Kier molecular flexibility index (Phi) is 1.68. The maximum absolute atomic E-state index is 3.45. The predicted molar refractivity (Wildman–Crippen MR) is 52.6 cm³/mol. The molecular formula is C10H14N2. The summed E-state index contributed by atoms with van der Waals surface area (Å²) in [5.41, 5.74) is 2.42. The summed E-state index contributed by atoms with van der Waals surface area (Å²) < 4.78 is 0. The Hall–Kier alpha value is -1.18. The fourth-order valence-corrected chi connectivity index (χ4v) is 1.48. The summed E-state index contributed by atoms with van der Waals surface area (Å²) in [6.45, 7) is 4.38. The Morgan fingerprint density at radius 3 is 1.75 bits per heavy atom. The number of para-hydroxylation sites is 2. The van der Waals surface area contributed by atoms with E-state index in [0.29, 0.717) is 12.1 Å². The van der Waals surface area contributed by atoms with Crippen LogP contribution in [0.25, 0.3) is 0 Å². The number of anilines is 2. The Balaban J connectivity index is 2.34. The molecule has 0 amide bonds. The monoisotopic (exact) mass is 162 g/mol. The van der Waals surface area contributed by atoms with E-state index in [-0.39, 0.29) is 0 Å². The first kappa shape index (κ1) is 7.47. The fraction of sp³-hybridized carbons (Fsp3) is 0.400. The molecule has 2 rings (SSSR count). The molecule has 1 heterocycles. The molecule has 1 aliphatic heterocycles. The van der Waals surface area contributed by atoms with Gasteiger partial charge in [0, 0.05) is 12.1 Å². The second kappa shape index (κ2) is 2.70. The first-order valence-electron chi connectivity index (χ1n) is 4.39. The molecule has 0 spiro atoms. The third kappa shape index (κ3) is 1.13. The van der Waals surface area contributed by atoms with Gasteiger partial charge in [-0.25, -0.2) is 0 Å². The summed E-state index contributed by atoms with van der Waals surface area (Å²) in [7, 11) is 0. The standard InChI is InChI=1S/C10H14N2/c1-7-8(2)12-10-6-4-3-5-9(10)11-7/h3-8,11-12H,1-2H3/t7-,8-/m0/s1. The molecule has 1 aromatic rings. The summed E-state index contributed by atoms with van der Waals surface area (Å²) in [5, 5.41) is 6.89. The zero-order valence-electron chi connectivity index (χ0n) is 7.46. The van der Waals surface area contributed by atoms with E-state index in [0.717, 1.165) is 0 Å². The Labute approximate surface area is 73.0 Å². The van der Waals surface area contributed by atoms with Crippen LogP contribution < -0.4 is 10.6 Å². The van der Waals surface area contributed by atoms with Crippen LogP contribution >= 0.6 is 0 Å². The van der Waals surface area contributed by atoms with E-state index in [1.807, 2.05) is 0 Å². The van der Waals surface area contributed by atoms with Crippen molar-refractivity contribution in [2.24, 2.45) is 0 Å². The molecular weight excluding hydrogens is 148 g/mol. The summed E-state index contributed by atoms with van der Waals surface area (Å²) >= 11 is 0. The minimum Gasteiger partial charge on any atom is -0.379 e. The van der Waals surface area contributed by atoms with Crippen molar-refractivity contribution in [3.05, 3.63) is 24.3 Å². The summed E-state index contributed by atoms with van der Waals surface area (Å²) in [5.74, 6) is 0. The van der Waals surface area contributed by atoms with Crippen molar-refractivity contribution in [1.29, 1.82) is 0 Å². The number of nitrogens with one attached hydrogen (secondary N) is 2. The molecule has 2 N–H and O–H groups in total. The van der Waals surface area contributed by atoms with Crippen LogP contribution in [0.15, 0.2) is 24.3 Å². The molecule has 1 aliphatic rings. The number of rotatable bonds is 0. The maximum atomic E-state index is 3.45. The second-order valence-electron chi connectivity index (χ2n) is 3.41. The molecule has 0 fully saturated rings. The highest BCUT2D eigenvalue weighted by atomic mass is 15.1. The molecule has 2 nitrogen and oxygen atoms in total. The molecule has 12 heavy (non-hydrogen) atoms. The molecule has 0 saturated heterocycles. The van der Waals surface area contributed by atoms with Crippen LogP contribution in [0.1, 0.15) is 13.8 Å². The van der Waals surface area contributed by atoms with Crippen molar-refractivity contribution in [2.75, 3.05) is 10.6 Å². The van der Waals surface area contributed by atoms with Gasteiger partial charge in [0.15, 0.2) is 0 Å². The van der Waals surface area contributed by atoms with Crippen molar-refractivity contribution >= 4 is 11.4 Å². The molecule has 0 unspecified atom stereocenters. The lowest BCUT2D eigenvalue weighted by molar-refractivity contribution is 0.663. The van der Waals surface area contributed by atoms with Crippen LogP contribution in [-0.4, -0.2) is 12.1 Å². The van der Waals surface area contributed by atoms with E-state index in [9.17, 15) is 0 Å². The maximum Gasteiger partial charge on any atom is 0.0578 e. The second-order valence-corrected chi connectivity index (χ2v) is 3.41.